The zero-order chi connectivity index (χ0) is 17.8. The largest absolute Gasteiger partial charge is 0.337 e. The summed E-state index contributed by atoms with van der Waals surface area (Å²) in [6.45, 7) is 3.09. The van der Waals surface area contributed by atoms with E-state index in [9.17, 15) is 13.6 Å². The molecule has 1 aliphatic rings. The number of carbonyl (C=O) groups excluding carboxylic acids is 1. The smallest absolute Gasteiger partial charge is 0.274 e. The molecule has 0 bridgehead atoms. The van der Waals surface area contributed by atoms with E-state index in [1.807, 2.05) is 6.92 Å². The lowest BCUT2D eigenvalue weighted by molar-refractivity contribution is 0.0661. The molecule has 0 aliphatic carbocycles. The highest BCUT2D eigenvalue weighted by molar-refractivity contribution is 5.92. The number of carbonyl (C=O) groups is 1. The summed E-state index contributed by atoms with van der Waals surface area (Å²) in [5.74, 6) is -0.901. The van der Waals surface area contributed by atoms with Crippen LogP contribution in [0.2, 0.25) is 0 Å². The third-order valence-corrected chi connectivity index (χ3v) is 4.67. The number of halogens is 2. The summed E-state index contributed by atoms with van der Waals surface area (Å²) in [5, 5.41) is 0. The maximum Gasteiger partial charge on any atom is 0.274 e. The van der Waals surface area contributed by atoms with Gasteiger partial charge < -0.3 is 4.90 Å². The molecule has 4 nitrogen and oxygen atoms in total. The van der Waals surface area contributed by atoms with Crippen molar-refractivity contribution in [3.8, 4) is 0 Å². The Balaban J connectivity index is 1.61. The van der Waals surface area contributed by atoms with Crippen LogP contribution in [0.3, 0.4) is 0 Å². The van der Waals surface area contributed by atoms with Crippen molar-refractivity contribution < 1.29 is 13.6 Å². The number of benzene rings is 1. The first-order valence-corrected chi connectivity index (χ1v) is 8.55. The average molecular weight is 345 g/mol. The normalized spacial score (nSPS) is 17.6. The van der Waals surface area contributed by atoms with Gasteiger partial charge in [-0.2, -0.15) is 0 Å². The maximum absolute atomic E-state index is 13.7. The molecule has 1 aliphatic heterocycles. The number of nitrogens with zero attached hydrogens (tertiary/aromatic N) is 3. The predicted octanol–water partition coefficient (Wildman–Crippen LogP) is 3.55. The molecule has 1 atom stereocenters. The fourth-order valence-corrected chi connectivity index (χ4v) is 3.27. The van der Waals surface area contributed by atoms with Crippen LogP contribution >= 0.6 is 0 Å². The Hall–Kier alpha value is -2.37. The molecule has 2 aromatic rings. The van der Waals surface area contributed by atoms with Gasteiger partial charge >= 0.3 is 0 Å². The van der Waals surface area contributed by atoms with Crippen molar-refractivity contribution in [2.24, 2.45) is 5.92 Å². The standard InChI is InChI=1S/C19H21F2N3O/c1-13-10-23-18(11-22-13)19(25)24-9-3-4-14(12-24)7-8-15-16(20)5-2-6-17(15)21/h2,5-6,10-11,14H,3-4,7-9,12H2,1H3. The minimum Gasteiger partial charge on any atom is -0.337 e. The summed E-state index contributed by atoms with van der Waals surface area (Å²) < 4.78 is 27.5. The first-order chi connectivity index (χ1) is 12.0. The van der Waals surface area contributed by atoms with E-state index < -0.39 is 11.6 Å². The molecule has 2 heterocycles. The molecule has 0 saturated carbocycles. The molecule has 1 fully saturated rings. The van der Waals surface area contributed by atoms with E-state index >= 15 is 0 Å². The van der Waals surface area contributed by atoms with E-state index in [1.165, 1.54) is 24.4 Å². The van der Waals surface area contributed by atoms with E-state index in [2.05, 4.69) is 9.97 Å². The zero-order valence-electron chi connectivity index (χ0n) is 14.2. The molecule has 1 amide bonds. The average Bonchev–Trinajstić information content (AvgIpc) is 2.62. The van der Waals surface area contributed by atoms with Crippen molar-refractivity contribution in [2.45, 2.75) is 32.6 Å². The van der Waals surface area contributed by atoms with Gasteiger partial charge in [0, 0.05) is 24.8 Å². The third kappa shape index (κ3) is 4.18. The van der Waals surface area contributed by atoms with Gasteiger partial charge in [0.05, 0.1) is 11.9 Å². The second-order valence-electron chi connectivity index (χ2n) is 6.54. The van der Waals surface area contributed by atoms with E-state index in [-0.39, 0.29) is 17.4 Å². The molecule has 1 aromatic carbocycles. The Kier molecular flexibility index (Phi) is 5.36. The van der Waals surface area contributed by atoms with E-state index in [0.717, 1.165) is 18.5 Å². The number of piperidine rings is 1. The third-order valence-electron chi connectivity index (χ3n) is 4.67. The first kappa shape index (κ1) is 17.5. The van der Waals surface area contributed by atoms with Gasteiger partial charge in [-0.3, -0.25) is 9.78 Å². The van der Waals surface area contributed by atoms with Gasteiger partial charge in [0.15, 0.2) is 0 Å². The van der Waals surface area contributed by atoms with E-state index in [4.69, 9.17) is 0 Å². The Morgan fingerprint density at radius 1 is 1.24 bits per heavy atom. The number of likely N-dealkylation sites (tertiary alicyclic amines) is 1. The van der Waals surface area contributed by atoms with Crippen LogP contribution in [0.25, 0.3) is 0 Å². The second-order valence-corrected chi connectivity index (χ2v) is 6.54. The summed E-state index contributed by atoms with van der Waals surface area (Å²) in [5.41, 5.74) is 1.24. The lowest BCUT2D eigenvalue weighted by Crippen LogP contribution is -2.40. The number of amides is 1. The second kappa shape index (κ2) is 7.68. The van der Waals surface area contributed by atoms with Crippen LogP contribution in [0, 0.1) is 24.5 Å². The van der Waals surface area contributed by atoms with Gasteiger partial charge in [-0.15, -0.1) is 0 Å². The summed E-state index contributed by atoms with van der Waals surface area (Å²) in [7, 11) is 0. The lowest BCUT2D eigenvalue weighted by Gasteiger charge is -2.32. The number of hydrogen-bond donors (Lipinski definition) is 0. The van der Waals surface area contributed by atoms with Crippen LogP contribution in [0.4, 0.5) is 8.78 Å². The quantitative estimate of drug-likeness (QED) is 0.851. The molecular formula is C19H21F2N3O. The lowest BCUT2D eigenvalue weighted by atomic mass is 9.91. The van der Waals surface area contributed by atoms with Crippen molar-refractivity contribution in [2.75, 3.05) is 13.1 Å². The van der Waals surface area contributed by atoms with Crippen LogP contribution in [0.15, 0.2) is 30.6 Å². The van der Waals surface area contributed by atoms with Gasteiger partial charge in [0.1, 0.15) is 17.3 Å². The van der Waals surface area contributed by atoms with E-state index in [1.54, 1.807) is 11.1 Å². The number of rotatable bonds is 4. The summed E-state index contributed by atoms with van der Waals surface area (Å²) in [6.07, 6.45) is 5.91. The number of hydrogen-bond acceptors (Lipinski definition) is 3. The SMILES string of the molecule is Cc1cnc(C(=O)N2CCCC(CCc3c(F)cccc3F)C2)cn1. The highest BCUT2D eigenvalue weighted by Crippen LogP contribution is 2.24. The first-order valence-electron chi connectivity index (χ1n) is 8.55. The van der Waals surface area contributed by atoms with Crippen molar-refractivity contribution in [1.29, 1.82) is 0 Å². The minimum atomic E-state index is -0.501. The maximum atomic E-state index is 13.7. The molecule has 0 N–H and O–H groups in total. The Bertz CT molecular complexity index is 729. The highest BCUT2D eigenvalue weighted by Gasteiger charge is 2.25. The molecule has 25 heavy (non-hydrogen) atoms. The zero-order valence-corrected chi connectivity index (χ0v) is 14.2. The highest BCUT2D eigenvalue weighted by atomic mass is 19.1. The fourth-order valence-electron chi connectivity index (χ4n) is 3.27. The molecule has 0 radical (unpaired) electrons. The Morgan fingerprint density at radius 3 is 2.68 bits per heavy atom. The van der Waals surface area contributed by atoms with Crippen LogP contribution in [0.5, 0.6) is 0 Å². The Labute approximate surface area is 145 Å². The summed E-state index contributed by atoms with van der Waals surface area (Å²) in [6, 6.07) is 3.94. The molecule has 132 valence electrons. The molecule has 0 spiro atoms. The van der Waals surface area contributed by atoms with Crippen LogP contribution in [-0.2, 0) is 6.42 Å². The van der Waals surface area contributed by atoms with Gasteiger partial charge in [0.25, 0.3) is 5.91 Å². The Morgan fingerprint density at radius 2 is 2.00 bits per heavy atom. The minimum absolute atomic E-state index is 0.130. The number of aryl methyl sites for hydroxylation is 1. The van der Waals surface area contributed by atoms with E-state index in [0.29, 0.717) is 31.6 Å². The molecule has 1 saturated heterocycles. The van der Waals surface area contributed by atoms with Gasteiger partial charge in [-0.1, -0.05) is 6.07 Å². The molecular weight excluding hydrogens is 324 g/mol. The van der Waals surface area contributed by atoms with Crippen LogP contribution in [0.1, 0.15) is 41.0 Å². The van der Waals surface area contributed by atoms with Crippen LogP contribution in [-0.4, -0.2) is 33.9 Å². The van der Waals surface area contributed by atoms with Gasteiger partial charge in [0.2, 0.25) is 0 Å². The topological polar surface area (TPSA) is 46.1 Å². The molecule has 3 rings (SSSR count). The summed E-state index contributed by atoms with van der Waals surface area (Å²) in [4.78, 5) is 22.6. The van der Waals surface area contributed by atoms with Gasteiger partial charge in [-0.05, 0) is 50.7 Å². The molecule has 6 heteroatoms. The van der Waals surface area contributed by atoms with Crippen molar-refractivity contribution in [3.63, 3.8) is 0 Å². The summed E-state index contributed by atoms with van der Waals surface area (Å²) >= 11 is 0. The van der Waals surface area contributed by atoms with Crippen molar-refractivity contribution in [1.82, 2.24) is 14.9 Å². The van der Waals surface area contributed by atoms with Crippen molar-refractivity contribution >= 4 is 5.91 Å². The number of aromatic nitrogens is 2. The van der Waals surface area contributed by atoms with Crippen LogP contribution < -0.4 is 0 Å². The monoisotopic (exact) mass is 345 g/mol. The molecule has 1 aromatic heterocycles. The predicted molar refractivity (Wildman–Crippen MR) is 90.1 cm³/mol. The van der Waals surface area contributed by atoms with Gasteiger partial charge in [-0.25, -0.2) is 13.8 Å². The fraction of sp³-hybridized carbons (Fsp3) is 0.421. The molecule has 1 unspecified atom stereocenters. The van der Waals surface area contributed by atoms with Crippen molar-refractivity contribution in [3.05, 3.63) is 59.2 Å².